The van der Waals surface area contributed by atoms with E-state index in [1.807, 2.05) is 12.1 Å². The van der Waals surface area contributed by atoms with Gasteiger partial charge in [0.2, 0.25) is 5.91 Å². The van der Waals surface area contributed by atoms with Crippen molar-refractivity contribution in [2.75, 3.05) is 37.5 Å². The van der Waals surface area contributed by atoms with Crippen LogP contribution in [0.5, 0.6) is 17.2 Å². The van der Waals surface area contributed by atoms with E-state index in [1.54, 1.807) is 159 Å². The molecule has 0 bridgehead atoms. The number of sulfone groups is 3. The van der Waals surface area contributed by atoms with Crippen molar-refractivity contribution in [3.05, 3.63) is 231 Å². The second-order valence-electron chi connectivity index (χ2n) is 28.3. The molecule has 0 saturated heterocycles. The third kappa shape index (κ3) is 22.7. The van der Waals surface area contributed by atoms with E-state index in [-0.39, 0.29) is 86.2 Å². The lowest BCUT2D eigenvalue weighted by molar-refractivity contribution is -0.119. The third-order valence-electron chi connectivity index (χ3n) is 19.9. The van der Waals surface area contributed by atoms with Crippen molar-refractivity contribution >= 4 is 110 Å². The monoisotopic (exact) mass is 1740 g/mol. The fraction of sp³-hybridized carbons (Fsp3) is 0.314. The van der Waals surface area contributed by atoms with Gasteiger partial charge in [-0.2, -0.15) is 26.3 Å². The maximum absolute atomic E-state index is 13.0. The first-order valence-electron chi connectivity index (χ1n) is 38.5. The number of aliphatic hydroxyl groups excluding tert-OH is 1. The van der Waals surface area contributed by atoms with Gasteiger partial charge in [0.25, 0.3) is 0 Å². The van der Waals surface area contributed by atoms with Gasteiger partial charge in [-0.15, -0.1) is 0 Å². The molecule has 32 heteroatoms. The normalized spacial score (nSPS) is 14.4. The Bertz CT molecular complexity index is 5870. The van der Waals surface area contributed by atoms with Crippen LogP contribution in [0.25, 0.3) is 66.5 Å². The van der Waals surface area contributed by atoms with E-state index >= 15 is 0 Å². The van der Waals surface area contributed by atoms with Crippen molar-refractivity contribution in [1.82, 2.24) is 35.2 Å². The standard InChI is InChI=1S/C29H28ClF2N3O4S.C27H26ClF2N3O3S.C27H23ClF2N2O4S.C2H6.CH4O/c1-17(36)33-13-12-21(19-8-10-20(11-9-19)40(37,38)16-18-6-7-18)28-34-25-14-23(24(30)15-26(25)35-28)22-4-2-3-5-27(22)39-29(31)32;28-22-14-24-23(13-21(22)20-3-1-2-4-25(20)36-27(29)30)32-26(33-24)19(11-12-31)17-7-9-18(10-8-17)37(34,35)15-16-5-6-16;28-22-14-24-23(13-21(22)20-3-1-2-4-25(20)36-27(29)30)31-26(32-24)19(11-12-33)17-7-9-18(10-8-17)37(34,35)15-16-5-6-16;2*1-2/h2-5,8-11,14-15,18,21,29H,6-7,12-13,16H2,1H3,(H,33,36)(H,34,35);1-4,7-10,13-14,16,19,27H,5-6,11-12,15,31H2,(H,32,33);1-4,7-10,12-14,16,19,27H,5-6,11,15H2,(H,31,32);1-2H3;2H,1H3/t21-;2*19-;;/m000../s1/i;;;1D;. The van der Waals surface area contributed by atoms with Gasteiger partial charge >= 0.3 is 19.8 Å². The summed E-state index contributed by atoms with van der Waals surface area (Å²) in [5, 5.41) is 10.8. The molecule has 9 aromatic carbocycles. The van der Waals surface area contributed by atoms with E-state index in [0.29, 0.717) is 137 Å². The van der Waals surface area contributed by atoms with Crippen molar-refractivity contribution in [2.45, 2.75) is 131 Å². The maximum atomic E-state index is 13.0. The summed E-state index contributed by atoms with van der Waals surface area (Å²) in [7, 11) is -9.01. The average Bonchev–Trinajstić information content (AvgIpc) is 1.61. The summed E-state index contributed by atoms with van der Waals surface area (Å²) in [5.74, 6) is 1.94. The zero-order chi connectivity index (χ0) is 85.5. The topological polar surface area (TPSA) is 309 Å². The average molecular weight is 1740 g/mol. The largest absolute Gasteiger partial charge is 0.434 e. The van der Waals surface area contributed by atoms with Crippen LogP contribution < -0.4 is 25.3 Å². The fourth-order valence-corrected chi connectivity index (χ4v) is 19.6. The van der Waals surface area contributed by atoms with E-state index in [4.69, 9.17) is 61.7 Å². The summed E-state index contributed by atoms with van der Waals surface area (Å²) in [6.07, 6.45) is 7.72. The number of fused-ring (bicyclic) bond motifs is 3. The van der Waals surface area contributed by atoms with Crippen LogP contribution in [0, 0.1) is 17.8 Å². The number of imidazole rings is 3. The summed E-state index contributed by atoms with van der Waals surface area (Å²) in [5.41, 5.74) is 14.7. The number of nitrogens with two attached hydrogens (primary N) is 1. The molecule has 3 aliphatic carbocycles. The summed E-state index contributed by atoms with van der Waals surface area (Å²) < 4.78 is 174. The number of alkyl halides is 6. The number of H-pyrrole nitrogens is 3. The van der Waals surface area contributed by atoms with E-state index < -0.39 is 55.3 Å². The predicted molar refractivity (Wildman–Crippen MR) is 446 cm³/mol. The summed E-state index contributed by atoms with van der Waals surface area (Å²) in [4.78, 5) is 47.9. The SMILES string of the molecule is CC(=O)NCC[C@@H](c1ccc(S(=O)(=O)CC2CC2)cc1)c1nc2cc(-c3ccccc3OC(F)F)c(Cl)cc2[nH]1.CO.NCC[C@@H](c1ccc(S(=O)(=O)CC2CC2)cc1)c1nc2cc(-c3ccccc3OC(F)F)c(Cl)cc2[nH]1.O=CC[C@@H](c1ccc(S(=O)(=O)CC2CC2)cc1)c1nc2cc(-c3ccccc3OC(F)F)c(Cl)cc2[nH]1.[2H]CC. The number of nitrogens with one attached hydrogen (secondary N) is 4. The molecule has 118 heavy (non-hydrogen) atoms. The number of nitrogens with zero attached hydrogens (tertiary/aromatic N) is 3. The van der Waals surface area contributed by atoms with Gasteiger partial charge in [0.1, 0.15) is 41.0 Å². The Kier molecular flexibility index (Phi) is 29.5. The van der Waals surface area contributed by atoms with Gasteiger partial charge in [-0.25, -0.2) is 40.2 Å². The van der Waals surface area contributed by atoms with Crippen LogP contribution >= 0.6 is 34.8 Å². The van der Waals surface area contributed by atoms with Crippen molar-refractivity contribution in [3.8, 4) is 50.6 Å². The molecule has 3 atom stereocenters. The van der Waals surface area contributed by atoms with Crippen LogP contribution in [-0.2, 0) is 39.1 Å². The van der Waals surface area contributed by atoms with Crippen LogP contribution in [-0.4, -0.2) is 130 Å². The summed E-state index contributed by atoms with van der Waals surface area (Å²) in [6.45, 7) is -4.43. The number of hydrogen-bond acceptors (Lipinski definition) is 16. The lowest BCUT2D eigenvalue weighted by Crippen LogP contribution is -2.23. The van der Waals surface area contributed by atoms with Gasteiger partial charge in [-0.3, -0.25) is 4.79 Å². The van der Waals surface area contributed by atoms with Crippen LogP contribution in [0.15, 0.2) is 197 Å². The lowest BCUT2D eigenvalue weighted by atomic mass is 9.95. The van der Waals surface area contributed by atoms with Gasteiger partial charge in [0.15, 0.2) is 29.5 Å². The zero-order valence-electron chi connectivity index (χ0n) is 65.2. The van der Waals surface area contributed by atoms with Crippen LogP contribution in [0.3, 0.4) is 0 Å². The van der Waals surface area contributed by atoms with E-state index in [2.05, 4.69) is 34.7 Å². The number of ether oxygens (including phenoxy) is 3. The highest BCUT2D eigenvalue weighted by molar-refractivity contribution is 7.92. The second kappa shape index (κ2) is 39.8. The first-order valence-corrected chi connectivity index (χ1v) is 43.9. The molecule has 1 amide bonds. The Morgan fingerprint density at radius 2 is 0.780 bits per heavy atom. The van der Waals surface area contributed by atoms with Crippen LogP contribution in [0.2, 0.25) is 15.1 Å². The number of para-hydroxylation sites is 3. The zero-order valence-corrected chi connectivity index (χ0v) is 68.9. The Morgan fingerprint density at radius 3 is 1.06 bits per heavy atom. The molecule has 0 aliphatic heterocycles. The minimum absolute atomic E-state index is 0.000537. The first kappa shape index (κ1) is 87.5. The Morgan fingerprint density at radius 1 is 0.492 bits per heavy atom. The van der Waals surface area contributed by atoms with Gasteiger partial charge < -0.3 is 50.1 Å². The number of rotatable bonds is 31. The van der Waals surface area contributed by atoms with Gasteiger partial charge in [0.05, 0.1) is 80.1 Å². The fourth-order valence-electron chi connectivity index (χ4n) is 13.7. The molecular weight excluding hydrogens is 1650 g/mol. The summed E-state index contributed by atoms with van der Waals surface area (Å²) in [6, 6.07) is 49.6. The van der Waals surface area contributed by atoms with Gasteiger partial charge in [-0.1, -0.05) is 140 Å². The smallest absolute Gasteiger partial charge is 0.387 e. The molecule has 3 aliphatic rings. The number of halogens is 9. The van der Waals surface area contributed by atoms with Crippen LogP contribution in [0.1, 0.15) is 132 Å². The number of hydrogen-bond donors (Lipinski definition) is 6. The second-order valence-corrected chi connectivity index (χ2v) is 35.7. The van der Waals surface area contributed by atoms with E-state index in [9.17, 15) is 61.2 Å². The quantitative estimate of drug-likeness (QED) is 0.0174. The number of aromatic nitrogens is 6. The predicted octanol–water partition coefficient (Wildman–Crippen LogP) is 19.5. The van der Waals surface area contributed by atoms with E-state index in [1.165, 1.54) is 25.1 Å². The van der Waals surface area contributed by atoms with Crippen molar-refractivity contribution in [3.63, 3.8) is 0 Å². The maximum Gasteiger partial charge on any atom is 0.387 e. The third-order valence-corrected chi connectivity index (χ3v) is 26.6. The number of aromatic amines is 3. The van der Waals surface area contributed by atoms with Crippen molar-refractivity contribution in [2.24, 2.45) is 23.5 Å². The van der Waals surface area contributed by atoms with Gasteiger partial charge in [0, 0.05) is 79.5 Å². The molecule has 624 valence electrons. The number of amides is 1. The molecule has 12 aromatic rings. The van der Waals surface area contributed by atoms with Crippen LogP contribution in [0.4, 0.5) is 26.3 Å². The molecule has 3 fully saturated rings. The number of aliphatic hydroxyl groups is 1. The molecule has 15 rings (SSSR count). The molecule has 0 spiro atoms. The molecule has 3 aromatic heterocycles. The Labute approximate surface area is 695 Å². The highest BCUT2D eigenvalue weighted by atomic mass is 35.5. The van der Waals surface area contributed by atoms with Crippen molar-refractivity contribution in [1.29, 1.82) is 0 Å². The highest BCUT2D eigenvalue weighted by Gasteiger charge is 2.33. The van der Waals surface area contributed by atoms with Crippen molar-refractivity contribution < 1.29 is 81.9 Å². The number of carbonyl (C=O) groups excluding carboxylic acids is 2. The Hall–Kier alpha value is -9.85. The number of benzene rings is 9. The molecule has 20 nitrogen and oxygen atoms in total. The first-order chi connectivity index (χ1) is 57.0. The van der Waals surface area contributed by atoms with Gasteiger partial charge in [-0.05, 0) is 183 Å². The Balaban J connectivity index is 0.000000170. The molecule has 3 heterocycles. The summed E-state index contributed by atoms with van der Waals surface area (Å²) >= 11 is 19.6. The minimum atomic E-state index is -3.35. The molecular formula is C86H87Cl3F6N8O12S3. The minimum Gasteiger partial charge on any atom is -0.434 e. The highest BCUT2D eigenvalue weighted by Crippen LogP contribution is 2.44. The number of aldehydes is 1. The molecule has 0 unspecified atom stereocenters. The lowest BCUT2D eigenvalue weighted by Gasteiger charge is -2.16. The molecule has 0 radical (unpaired) electrons. The molecule has 3 saturated carbocycles. The number of carbonyl (C=O) groups is 2. The molecule has 7 N–H and O–H groups in total. The van der Waals surface area contributed by atoms with E-state index in [0.717, 1.165) is 68.6 Å².